The SMILES string of the molecule is O=CC1CCC(C(=O)Oc2c3c(c(O)c4ccccc24)SC(=C2C(=O)c4ccccc4C2=O)S3)CC1. The Morgan fingerprint density at radius 2 is 1.44 bits per heavy atom. The lowest BCUT2D eigenvalue weighted by atomic mass is 9.83. The first-order valence-electron chi connectivity index (χ1n) is 11.7. The molecule has 8 heteroatoms. The first kappa shape index (κ1) is 23.1. The Balaban J connectivity index is 1.41. The quantitative estimate of drug-likeness (QED) is 0.150. The Hall–Kier alpha value is -3.36. The highest BCUT2D eigenvalue weighted by Gasteiger charge is 2.40. The van der Waals surface area contributed by atoms with E-state index in [-0.39, 0.29) is 40.7 Å². The van der Waals surface area contributed by atoms with Gasteiger partial charge in [-0.3, -0.25) is 14.4 Å². The van der Waals surface area contributed by atoms with E-state index in [4.69, 9.17) is 4.74 Å². The van der Waals surface area contributed by atoms with Gasteiger partial charge in [-0.15, -0.1) is 0 Å². The van der Waals surface area contributed by atoms with Gasteiger partial charge in [0.1, 0.15) is 12.0 Å². The number of fused-ring (bicyclic) bond motifs is 3. The molecule has 6 rings (SSSR count). The van der Waals surface area contributed by atoms with Crippen LogP contribution in [0.2, 0.25) is 0 Å². The van der Waals surface area contributed by atoms with Gasteiger partial charge in [0.05, 0.1) is 25.5 Å². The van der Waals surface area contributed by atoms with Crippen molar-refractivity contribution < 1.29 is 29.0 Å². The number of carbonyl (C=O) groups is 4. The van der Waals surface area contributed by atoms with Crippen molar-refractivity contribution in [2.45, 2.75) is 35.5 Å². The molecule has 0 spiro atoms. The summed E-state index contributed by atoms with van der Waals surface area (Å²) in [6.07, 6.45) is 3.43. The number of esters is 1. The molecule has 1 saturated carbocycles. The van der Waals surface area contributed by atoms with E-state index < -0.39 is 0 Å². The van der Waals surface area contributed by atoms with Crippen molar-refractivity contribution in [3.63, 3.8) is 0 Å². The molecule has 1 aliphatic heterocycles. The van der Waals surface area contributed by atoms with Gasteiger partial charge >= 0.3 is 5.97 Å². The highest BCUT2D eigenvalue weighted by atomic mass is 32.2. The minimum Gasteiger partial charge on any atom is -0.506 e. The fourth-order valence-corrected chi connectivity index (χ4v) is 7.74. The normalized spacial score (nSPS) is 21.0. The zero-order valence-electron chi connectivity index (χ0n) is 19.0. The number of Topliss-reactive ketones (excluding diaryl/α,β-unsaturated/α-hetero) is 2. The molecule has 2 aliphatic carbocycles. The molecule has 3 aromatic carbocycles. The molecule has 0 aromatic heterocycles. The van der Waals surface area contributed by atoms with E-state index in [1.807, 2.05) is 0 Å². The number of ether oxygens (including phenoxy) is 1. The fraction of sp³-hybridized carbons (Fsp3) is 0.214. The molecule has 3 aliphatic rings. The molecule has 1 heterocycles. The van der Waals surface area contributed by atoms with Gasteiger partial charge in [-0.25, -0.2) is 0 Å². The average molecular weight is 517 g/mol. The molecule has 0 amide bonds. The van der Waals surface area contributed by atoms with Gasteiger partial charge in [0.25, 0.3) is 0 Å². The van der Waals surface area contributed by atoms with Crippen molar-refractivity contribution in [2.75, 3.05) is 0 Å². The number of carbonyl (C=O) groups excluding carboxylic acids is 4. The molecule has 6 nitrogen and oxygen atoms in total. The molecule has 0 bridgehead atoms. The molecule has 1 fully saturated rings. The zero-order valence-corrected chi connectivity index (χ0v) is 20.6. The molecule has 0 radical (unpaired) electrons. The van der Waals surface area contributed by atoms with Crippen LogP contribution in [0.3, 0.4) is 0 Å². The Labute approximate surface area is 215 Å². The maximum Gasteiger partial charge on any atom is 0.314 e. The molecular weight excluding hydrogens is 496 g/mol. The topological polar surface area (TPSA) is 97.7 Å². The van der Waals surface area contributed by atoms with Gasteiger partial charge in [-0.05, 0) is 25.7 Å². The second-order valence-corrected chi connectivity index (χ2v) is 11.4. The highest BCUT2D eigenvalue weighted by Crippen LogP contribution is 2.62. The lowest BCUT2D eigenvalue weighted by Crippen LogP contribution is -2.26. The van der Waals surface area contributed by atoms with Crippen LogP contribution < -0.4 is 4.74 Å². The summed E-state index contributed by atoms with van der Waals surface area (Å²) in [7, 11) is 0. The summed E-state index contributed by atoms with van der Waals surface area (Å²) in [5.41, 5.74) is 0.818. The average Bonchev–Trinajstić information content (AvgIpc) is 3.46. The fourth-order valence-electron chi connectivity index (χ4n) is 5.05. The van der Waals surface area contributed by atoms with Gasteiger partial charge in [-0.1, -0.05) is 72.1 Å². The largest absolute Gasteiger partial charge is 0.506 e. The zero-order chi connectivity index (χ0) is 25.0. The van der Waals surface area contributed by atoms with E-state index in [0.29, 0.717) is 67.4 Å². The molecule has 0 saturated heterocycles. The van der Waals surface area contributed by atoms with Crippen LogP contribution in [0.1, 0.15) is 46.4 Å². The number of ketones is 2. The number of hydrogen-bond acceptors (Lipinski definition) is 8. The Kier molecular flexibility index (Phi) is 5.73. The van der Waals surface area contributed by atoms with Gasteiger partial charge < -0.3 is 14.6 Å². The van der Waals surface area contributed by atoms with Crippen molar-refractivity contribution in [2.24, 2.45) is 11.8 Å². The summed E-state index contributed by atoms with van der Waals surface area (Å²) in [5.74, 6) is -1.03. The molecule has 0 unspecified atom stereocenters. The lowest BCUT2D eigenvalue weighted by molar-refractivity contribution is -0.140. The van der Waals surface area contributed by atoms with E-state index >= 15 is 0 Å². The molecular formula is C28H20O6S2. The monoisotopic (exact) mass is 516 g/mol. The van der Waals surface area contributed by atoms with Crippen molar-refractivity contribution in [1.29, 1.82) is 0 Å². The van der Waals surface area contributed by atoms with Gasteiger partial charge in [0.2, 0.25) is 0 Å². The van der Waals surface area contributed by atoms with Crippen molar-refractivity contribution in [1.82, 2.24) is 0 Å². The summed E-state index contributed by atoms with van der Waals surface area (Å²) in [5, 5.41) is 12.2. The highest BCUT2D eigenvalue weighted by molar-refractivity contribution is 8.25. The predicted octanol–water partition coefficient (Wildman–Crippen LogP) is 5.94. The first-order chi connectivity index (χ1) is 17.5. The van der Waals surface area contributed by atoms with Gasteiger partial charge in [-0.2, -0.15) is 0 Å². The van der Waals surface area contributed by atoms with Crippen molar-refractivity contribution in [3.8, 4) is 11.5 Å². The van der Waals surface area contributed by atoms with Crippen molar-refractivity contribution >= 4 is 58.1 Å². The van der Waals surface area contributed by atoms with Crippen LogP contribution in [-0.4, -0.2) is 28.9 Å². The Bertz CT molecular complexity index is 1480. The number of aldehydes is 1. The molecule has 0 atom stereocenters. The number of phenols is 1. The second-order valence-electron chi connectivity index (χ2n) is 9.12. The molecule has 180 valence electrons. The number of allylic oxidation sites excluding steroid dienone is 1. The van der Waals surface area contributed by atoms with E-state index in [1.165, 1.54) is 11.8 Å². The number of benzene rings is 3. The summed E-state index contributed by atoms with van der Waals surface area (Å²) < 4.78 is 6.46. The Morgan fingerprint density at radius 1 is 0.861 bits per heavy atom. The third-order valence-electron chi connectivity index (χ3n) is 7.02. The lowest BCUT2D eigenvalue weighted by Gasteiger charge is -2.24. The minimum absolute atomic E-state index is 0.0143. The predicted molar refractivity (Wildman–Crippen MR) is 137 cm³/mol. The molecule has 36 heavy (non-hydrogen) atoms. The second kappa shape index (κ2) is 8.94. The van der Waals surface area contributed by atoms with Crippen LogP contribution in [0, 0.1) is 11.8 Å². The third kappa shape index (κ3) is 3.59. The number of phenolic OH excluding ortho intramolecular Hbond substituents is 1. The third-order valence-corrected chi connectivity index (χ3v) is 9.62. The van der Waals surface area contributed by atoms with Gasteiger partial charge in [0.15, 0.2) is 17.3 Å². The van der Waals surface area contributed by atoms with Crippen LogP contribution in [0.5, 0.6) is 11.5 Å². The molecule has 3 aromatic rings. The number of hydrogen-bond donors (Lipinski definition) is 1. The van der Waals surface area contributed by atoms with Gasteiger partial charge in [0, 0.05) is 27.8 Å². The summed E-state index contributed by atoms with van der Waals surface area (Å²) >= 11 is 2.33. The van der Waals surface area contributed by atoms with E-state index in [1.54, 1.807) is 48.5 Å². The standard InChI is InChI=1S/C28H20O6S2/c29-13-14-9-11-15(12-10-14)27(33)34-24-19-8-4-3-7-18(19)23(32)25-26(24)36-28(35-25)20-21(30)16-5-1-2-6-17(16)22(20)31/h1-8,13-15,32H,9-12H2. The molecule has 1 N–H and O–H groups in total. The Morgan fingerprint density at radius 3 is 2.08 bits per heavy atom. The summed E-state index contributed by atoms with van der Waals surface area (Å²) in [6.45, 7) is 0. The number of aromatic hydroxyl groups is 1. The summed E-state index contributed by atoms with van der Waals surface area (Å²) in [6, 6.07) is 13.8. The minimum atomic E-state index is -0.371. The van der Waals surface area contributed by atoms with E-state index in [0.717, 1.165) is 18.0 Å². The smallest absolute Gasteiger partial charge is 0.314 e. The van der Waals surface area contributed by atoms with E-state index in [9.17, 15) is 24.3 Å². The van der Waals surface area contributed by atoms with Crippen LogP contribution in [-0.2, 0) is 9.59 Å². The maximum absolute atomic E-state index is 13.2. The van der Waals surface area contributed by atoms with Crippen molar-refractivity contribution in [3.05, 3.63) is 69.5 Å². The maximum atomic E-state index is 13.2. The number of rotatable bonds is 3. The van der Waals surface area contributed by atoms with E-state index in [2.05, 4.69) is 0 Å². The number of thioether (sulfide) groups is 2. The van der Waals surface area contributed by atoms with Crippen LogP contribution in [0.15, 0.2) is 68.1 Å². The summed E-state index contributed by atoms with van der Waals surface area (Å²) in [4.78, 5) is 51.5. The van der Waals surface area contributed by atoms with Crippen LogP contribution in [0.25, 0.3) is 10.8 Å². The van der Waals surface area contributed by atoms with Crippen LogP contribution >= 0.6 is 23.5 Å². The van der Waals surface area contributed by atoms with Crippen LogP contribution in [0.4, 0.5) is 0 Å². The first-order valence-corrected chi connectivity index (χ1v) is 13.3.